The molecule has 1 amide bonds. The van der Waals surface area contributed by atoms with Gasteiger partial charge in [0.1, 0.15) is 41.5 Å². The van der Waals surface area contributed by atoms with E-state index in [4.69, 9.17) is 19.2 Å². The predicted molar refractivity (Wildman–Crippen MR) is 175 cm³/mol. The summed E-state index contributed by atoms with van der Waals surface area (Å²) in [6.45, 7) is 1.19. The molecule has 234 valence electrons. The van der Waals surface area contributed by atoms with Crippen LogP contribution >= 0.6 is 0 Å². The Morgan fingerprint density at radius 3 is 2.63 bits per heavy atom. The summed E-state index contributed by atoms with van der Waals surface area (Å²) >= 11 is 0. The number of carboxylic acid groups (broad SMARTS) is 1. The van der Waals surface area contributed by atoms with Crippen LogP contribution in [0.5, 0.6) is 11.5 Å². The number of piperidine rings is 1. The second kappa shape index (κ2) is 12.7. The average molecular weight is 619 g/mol. The Morgan fingerprint density at radius 2 is 1.78 bits per heavy atom. The van der Waals surface area contributed by atoms with Gasteiger partial charge in [-0.05, 0) is 41.0 Å². The van der Waals surface area contributed by atoms with E-state index in [1.54, 1.807) is 13.3 Å². The van der Waals surface area contributed by atoms with E-state index in [9.17, 15) is 15.0 Å². The van der Waals surface area contributed by atoms with Crippen molar-refractivity contribution in [2.75, 3.05) is 26.9 Å². The van der Waals surface area contributed by atoms with Crippen LogP contribution in [0.1, 0.15) is 12.0 Å². The molecule has 3 unspecified atom stereocenters. The molecular formula is C36H34N4O6. The number of fused-ring (bicyclic) bond motifs is 3. The van der Waals surface area contributed by atoms with Crippen LogP contribution in [0.2, 0.25) is 0 Å². The Labute approximate surface area is 265 Å². The fraction of sp³-hybridized carbons (Fsp3) is 0.250. The van der Waals surface area contributed by atoms with Crippen molar-refractivity contribution in [2.24, 2.45) is 0 Å². The minimum absolute atomic E-state index is 0.248. The fourth-order valence-electron chi connectivity index (χ4n) is 6.24. The van der Waals surface area contributed by atoms with Crippen molar-refractivity contribution in [2.45, 2.75) is 31.1 Å². The maximum absolute atomic E-state index is 12.2. The number of pyridine rings is 2. The van der Waals surface area contributed by atoms with Gasteiger partial charge in [-0.3, -0.25) is 4.40 Å². The molecule has 3 atom stereocenters. The number of imidazole rings is 1. The molecule has 1 aliphatic rings. The molecule has 0 saturated carbocycles. The van der Waals surface area contributed by atoms with Crippen LogP contribution < -0.4 is 9.47 Å². The highest BCUT2D eigenvalue weighted by molar-refractivity contribution is 5.87. The lowest BCUT2D eigenvalue weighted by molar-refractivity contribution is -0.0562. The van der Waals surface area contributed by atoms with Gasteiger partial charge in [-0.1, -0.05) is 60.7 Å². The van der Waals surface area contributed by atoms with Crippen LogP contribution in [0.25, 0.3) is 38.7 Å². The number of aliphatic hydroxyl groups is 1. The fourth-order valence-corrected chi connectivity index (χ4v) is 6.24. The number of likely N-dealkylation sites (tertiary alicyclic amines) is 1. The maximum Gasteiger partial charge on any atom is 0.407 e. The minimum Gasteiger partial charge on any atom is -0.491 e. The van der Waals surface area contributed by atoms with E-state index < -0.39 is 24.3 Å². The molecule has 2 N–H and O–H groups in total. The number of aromatic nitrogens is 3. The van der Waals surface area contributed by atoms with Gasteiger partial charge in [0, 0.05) is 37.7 Å². The molecule has 3 aromatic heterocycles. The Morgan fingerprint density at radius 1 is 0.957 bits per heavy atom. The van der Waals surface area contributed by atoms with Gasteiger partial charge in [0.2, 0.25) is 0 Å². The Hall–Kier alpha value is -5.19. The second-order valence-electron chi connectivity index (χ2n) is 11.5. The van der Waals surface area contributed by atoms with Gasteiger partial charge in [-0.25, -0.2) is 14.8 Å². The van der Waals surface area contributed by atoms with Gasteiger partial charge >= 0.3 is 6.09 Å². The molecule has 7 rings (SSSR count). The van der Waals surface area contributed by atoms with E-state index in [0.717, 1.165) is 33.1 Å². The Balaban J connectivity index is 1.15. The summed E-state index contributed by atoms with van der Waals surface area (Å²) in [6.07, 6.45) is 1.66. The topological polar surface area (TPSA) is 119 Å². The van der Waals surface area contributed by atoms with Gasteiger partial charge < -0.3 is 29.3 Å². The van der Waals surface area contributed by atoms with Crippen LogP contribution in [-0.2, 0) is 11.2 Å². The SMILES string of the molecule is COCCOc1ccn2c(-c3ccc4cccc(OC5CCN(C(=O)O)C(Cc6ccc7ccccc7c6)C5O)c4n3)cnc2c1. The number of ether oxygens (including phenoxy) is 3. The van der Waals surface area contributed by atoms with E-state index in [-0.39, 0.29) is 6.54 Å². The highest BCUT2D eigenvalue weighted by Gasteiger charge is 2.41. The van der Waals surface area contributed by atoms with Crippen molar-refractivity contribution in [3.63, 3.8) is 0 Å². The summed E-state index contributed by atoms with van der Waals surface area (Å²) in [5, 5.41) is 24.6. The van der Waals surface area contributed by atoms with Gasteiger partial charge in [0.25, 0.3) is 0 Å². The summed E-state index contributed by atoms with van der Waals surface area (Å²) in [7, 11) is 1.63. The lowest BCUT2D eigenvalue weighted by Gasteiger charge is -2.41. The zero-order valence-corrected chi connectivity index (χ0v) is 25.3. The van der Waals surface area contributed by atoms with E-state index in [2.05, 4.69) is 11.1 Å². The predicted octanol–water partition coefficient (Wildman–Crippen LogP) is 5.83. The van der Waals surface area contributed by atoms with Crippen molar-refractivity contribution < 1.29 is 29.2 Å². The largest absolute Gasteiger partial charge is 0.491 e. The molecule has 4 heterocycles. The molecule has 1 fully saturated rings. The van der Waals surface area contributed by atoms with Gasteiger partial charge in [-0.2, -0.15) is 0 Å². The average Bonchev–Trinajstić information content (AvgIpc) is 3.50. The van der Waals surface area contributed by atoms with E-state index >= 15 is 0 Å². The maximum atomic E-state index is 12.2. The number of hydrogen-bond acceptors (Lipinski definition) is 7. The standard InChI is InChI=1S/C36H34N4O6/c1-44-17-18-45-27-13-15-39-30(22-37-33(39)21-27)28-12-11-25-7-4-8-31(34(25)38-28)46-32-14-16-40(36(42)43)29(35(32)41)20-23-9-10-24-5-2-3-6-26(24)19-23/h2-13,15,19,21-22,29,32,35,41H,14,16-18,20H2,1H3,(H,42,43). The first-order valence-electron chi connectivity index (χ1n) is 15.3. The Bertz CT molecular complexity index is 2030. The molecule has 10 nitrogen and oxygen atoms in total. The number of nitrogens with zero attached hydrogens (tertiary/aromatic N) is 4. The third-order valence-corrected chi connectivity index (χ3v) is 8.60. The number of aliphatic hydroxyl groups excluding tert-OH is 1. The molecule has 0 bridgehead atoms. The number of para-hydroxylation sites is 1. The first-order chi connectivity index (χ1) is 22.5. The number of carbonyl (C=O) groups is 1. The first kappa shape index (κ1) is 29.5. The molecule has 0 spiro atoms. The van der Waals surface area contributed by atoms with Crippen LogP contribution in [0.4, 0.5) is 4.79 Å². The van der Waals surface area contributed by atoms with Crippen molar-refractivity contribution >= 4 is 33.4 Å². The highest BCUT2D eigenvalue weighted by atomic mass is 16.5. The summed E-state index contributed by atoms with van der Waals surface area (Å²) in [6, 6.07) is 26.8. The lowest BCUT2D eigenvalue weighted by atomic mass is 9.90. The normalized spacial score (nSPS) is 18.3. The van der Waals surface area contributed by atoms with E-state index in [1.165, 1.54) is 4.90 Å². The van der Waals surface area contributed by atoms with Crippen LogP contribution in [0.3, 0.4) is 0 Å². The molecule has 1 aliphatic heterocycles. The van der Waals surface area contributed by atoms with Gasteiger partial charge in [0.15, 0.2) is 0 Å². The molecule has 0 aliphatic carbocycles. The van der Waals surface area contributed by atoms with Crippen LogP contribution in [-0.4, -0.2) is 80.7 Å². The third kappa shape index (κ3) is 5.80. The molecular weight excluding hydrogens is 584 g/mol. The van der Waals surface area contributed by atoms with E-state index in [0.29, 0.717) is 48.8 Å². The number of methoxy groups -OCH3 is 1. The van der Waals surface area contributed by atoms with Crippen LogP contribution in [0.15, 0.2) is 97.3 Å². The van der Waals surface area contributed by atoms with Crippen LogP contribution in [0, 0.1) is 0 Å². The van der Waals surface area contributed by atoms with E-state index in [1.807, 2.05) is 89.5 Å². The summed E-state index contributed by atoms with van der Waals surface area (Å²) in [4.78, 5) is 23.1. The monoisotopic (exact) mass is 618 g/mol. The molecule has 46 heavy (non-hydrogen) atoms. The number of amides is 1. The summed E-state index contributed by atoms with van der Waals surface area (Å²) < 4.78 is 19.2. The Kier molecular flexibility index (Phi) is 8.13. The highest BCUT2D eigenvalue weighted by Crippen LogP contribution is 2.32. The van der Waals surface area contributed by atoms with Gasteiger partial charge in [-0.15, -0.1) is 0 Å². The van der Waals surface area contributed by atoms with Crippen molar-refractivity contribution in [1.29, 1.82) is 0 Å². The summed E-state index contributed by atoms with van der Waals surface area (Å²) in [5.74, 6) is 1.23. The van der Waals surface area contributed by atoms with Crippen molar-refractivity contribution in [3.8, 4) is 22.9 Å². The van der Waals surface area contributed by atoms with Crippen molar-refractivity contribution in [3.05, 3.63) is 103 Å². The molecule has 0 radical (unpaired) electrons. The summed E-state index contributed by atoms with van der Waals surface area (Å²) in [5.41, 5.74) is 3.84. The molecule has 10 heteroatoms. The smallest absolute Gasteiger partial charge is 0.407 e. The molecule has 3 aromatic carbocycles. The zero-order valence-electron chi connectivity index (χ0n) is 25.3. The number of rotatable bonds is 9. The quantitative estimate of drug-likeness (QED) is 0.194. The second-order valence-corrected chi connectivity index (χ2v) is 11.5. The van der Waals surface area contributed by atoms with Gasteiger partial charge in [0.05, 0.1) is 30.2 Å². The first-order valence-corrected chi connectivity index (χ1v) is 15.3. The third-order valence-electron chi connectivity index (χ3n) is 8.60. The number of hydrogen-bond donors (Lipinski definition) is 2. The minimum atomic E-state index is -1.05. The van der Waals surface area contributed by atoms with Crippen molar-refractivity contribution in [1.82, 2.24) is 19.3 Å². The zero-order chi connectivity index (χ0) is 31.6. The molecule has 1 saturated heterocycles. The number of benzene rings is 3. The lowest BCUT2D eigenvalue weighted by Crippen LogP contribution is -2.58. The molecule has 6 aromatic rings.